The lowest BCUT2D eigenvalue weighted by atomic mass is 10.3. The number of halogens is 3. The Morgan fingerprint density at radius 1 is 1.38 bits per heavy atom. The molecule has 5 N–H and O–H groups in total. The van der Waals surface area contributed by atoms with Crippen LogP contribution in [0.25, 0.3) is 0 Å². The molecule has 1 rings (SSSR count). The minimum atomic E-state index is -0.855. The fourth-order valence-electron chi connectivity index (χ4n) is 0.941. The number of anilines is 1. The molecule has 0 unspecified atom stereocenters. The van der Waals surface area contributed by atoms with Crippen molar-refractivity contribution in [3.05, 3.63) is 26.9 Å². The van der Waals surface area contributed by atoms with E-state index >= 15 is 0 Å². The molecule has 0 saturated carbocycles. The van der Waals surface area contributed by atoms with E-state index in [0.717, 1.165) is 0 Å². The highest BCUT2D eigenvalue weighted by atomic mass is 79.9. The summed E-state index contributed by atoms with van der Waals surface area (Å²) >= 11 is 6.24. The molecule has 2 amide bonds. The molecular weight excluding hydrogens is 347 g/mol. The summed E-state index contributed by atoms with van der Waals surface area (Å²) in [4.78, 5) is 10.5. The number of rotatable bonds is 1. The quantitative estimate of drug-likeness (QED) is 0.461. The molecule has 16 heavy (non-hydrogen) atoms. The van der Waals surface area contributed by atoms with Gasteiger partial charge in [-0.1, -0.05) is 0 Å². The zero-order chi connectivity index (χ0) is 12.3. The first-order valence-corrected chi connectivity index (χ1v) is 5.55. The van der Waals surface area contributed by atoms with Crippen molar-refractivity contribution in [2.45, 2.75) is 0 Å². The predicted molar refractivity (Wildman–Crippen MR) is 65.9 cm³/mol. The third-order valence-corrected chi connectivity index (χ3v) is 2.76. The van der Waals surface area contributed by atoms with E-state index in [9.17, 15) is 9.18 Å². The van der Waals surface area contributed by atoms with Crippen LogP contribution in [0.5, 0.6) is 0 Å². The number of amides is 2. The molecule has 0 saturated heterocycles. The average molecular weight is 354 g/mol. The van der Waals surface area contributed by atoms with Gasteiger partial charge in [-0.25, -0.2) is 9.18 Å². The number of primary amides is 1. The van der Waals surface area contributed by atoms with E-state index in [2.05, 4.69) is 37.2 Å². The molecule has 0 atom stereocenters. The lowest BCUT2D eigenvalue weighted by molar-refractivity contribution is 0.253. The summed E-state index contributed by atoms with van der Waals surface area (Å²) in [6, 6.07) is 1.60. The molecular formula is C8H7Br2FN4O. The summed E-state index contributed by atoms with van der Waals surface area (Å²) in [5.41, 5.74) is 5.25. The van der Waals surface area contributed by atoms with Gasteiger partial charge in [-0.3, -0.25) is 10.7 Å². The van der Waals surface area contributed by atoms with E-state index < -0.39 is 11.8 Å². The van der Waals surface area contributed by atoms with Gasteiger partial charge in [-0.05, 0) is 44.0 Å². The van der Waals surface area contributed by atoms with E-state index in [0.29, 0.717) is 14.6 Å². The fraction of sp³-hybridized carbons (Fsp3) is 0. The van der Waals surface area contributed by atoms with Gasteiger partial charge < -0.3 is 11.1 Å². The molecule has 0 radical (unpaired) electrons. The maximum absolute atomic E-state index is 12.9. The summed E-state index contributed by atoms with van der Waals surface area (Å²) in [6.45, 7) is 0. The van der Waals surface area contributed by atoms with Gasteiger partial charge in [0.05, 0.1) is 5.69 Å². The first kappa shape index (κ1) is 12.9. The Bertz CT molecular complexity index is 429. The summed E-state index contributed by atoms with van der Waals surface area (Å²) in [5.74, 6) is -0.737. The topological polar surface area (TPSA) is 91.0 Å². The number of urea groups is 1. The van der Waals surface area contributed by atoms with Crippen molar-refractivity contribution < 1.29 is 9.18 Å². The maximum atomic E-state index is 12.9. The SMILES string of the molecule is N=C(NC(N)=O)Nc1c(Br)cc(F)cc1Br. The largest absolute Gasteiger partial charge is 0.351 e. The minimum absolute atomic E-state index is 0.305. The first-order valence-electron chi connectivity index (χ1n) is 3.96. The third-order valence-electron chi connectivity index (χ3n) is 1.51. The zero-order valence-corrected chi connectivity index (χ0v) is 10.9. The van der Waals surface area contributed by atoms with Crippen LogP contribution in [0.1, 0.15) is 0 Å². The van der Waals surface area contributed by atoms with E-state index in [-0.39, 0.29) is 5.96 Å². The number of guanidine groups is 1. The highest BCUT2D eigenvalue weighted by Gasteiger charge is 2.09. The summed E-state index contributed by atoms with van der Waals surface area (Å²) in [5, 5.41) is 11.9. The van der Waals surface area contributed by atoms with Gasteiger partial charge in [-0.2, -0.15) is 0 Å². The maximum Gasteiger partial charge on any atom is 0.318 e. The van der Waals surface area contributed by atoms with Gasteiger partial charge in [-0.15, -0.1) is 0 Å². The van der Waals surface area contributed by atoms with Gasteiger partial charge in [0, 0.05) is 8.95 Å². The van der Waals surface area contributed by atoms with Crippen molar-refractivity contribution in [3.63, 3.8) is 0 Å². The molecule has 0 aliphatic heterocycles. The van der Waals surface area contributed by atoms with Crippen molar-refractivity contribution in [2.24, 2.45) is 5.73 Å². The molecule has 0 aromatic heterocycles. The standard InChI is InChI=1S/C8H7Br2FN4O/c9-4-1-3(11)2-5(10)6(4)14-7(12)15-8(13)16/h1-2H,(H5,12,13,14,15,16). The second kappa shape index (κ2) is 5.26. The van der Waals surface area contributed by atoms with Crippen LogP contribution in [0.3, 0.4) is 0 Å². The third kappa shape index (κ3) is 3.46. The lowest BCUT2D eigenvalue weighted by Crippen LogP contribution is -2.38. The minimum Gasteiger partial charge on any atom is -0.351 e. The predicted octanol–water partition coefficient (Wildman–Crippen LogP) is 2.37. The number of nitrogens with one attached hydrogen (secondary N) is 3. The summed E-state index contributed by atoms with van der Waals surface area (Å²) < 4.78 is 13.7. The van der Waals surface area contributed by atoms with E-state index in [1.807, 2.05) is 5.32 Å². The van der Waals surface area contributed by atoms with E-state index in [4.69, 9.17) is 11.1 Å². The summed E-state index contributed by atoms with van der Waals surface area (Å²) in [6.07, 6.45) is 0. The molecule has 5 nitrogen and oxygen atoms in total. The van der Waals surface area contributed by atoms with Crippen LogP contribution in [0.15, 0.2) is 21.1 Å². The second-order valence-corrected chi connectivity index (χ2v) is 4.44. The van der Waals surface area contributed by atoms with Crippen LogP contribution < -0.4 is 16.4 Å². The van der Waals surface area contributed by atoms with Gasteiger partial charge in [0.15, 0.2) is 0 Å². The van der Waals surface area contributed by atoms with E-state index in [1.165, 1.54) is 12.1 Å². The van der Waals surface area contributed by atoms with Gasteiger partial charge in [0.1, 0.15) is 5.82 Å². The smallest absolute Gasteiger partial charge is 0.318 e. The van der Waals surface area contributed by atoms with Gasteiger partial charge in [0.2, 0.25) is 5.96 Å². The fourth-order valence-corrected chi connectivity index (χ4v) is 2.27. The van der Waals surface area contributed by atoms with Crippen LogP contribution in [0.4, 0.5) is 14.9 Å². The normalized spacial score (nSPS) is 9.69. The van der Waals surface area contributed by atoms with Gasteiger partial charge in [0.25, 0.3) is 0 Å². The number of nitrogens with two attached hydrogens (primary N) is 1. The molecule has 0 spiro atoms. The number of hydrogen-bond acceptors (Lipinski definition) is 2. The molecule has 1 aromatic rings. The zero-order valence-electron chi connectivity index (χ0n) is 7.77. The molecule has 0 aliphatic carbocycles. The Kier molecular flexibility index (Phi) is 4.25. The summed E-state index contributed by atoms with van der Waals surface area (Å²) in [7, 11) is 0. The number of hydrogen-bond donors (Lipinski definition) is 4. The van der Waals surface area contributed by atoms with Crippen molar-refractivity contribution in [1.29, 1.82) is 5.41 Å². The van der Waals surface area contributed by atoms with Crippen molar-refractivity contribution in [1.82, 2.24) is 5.32 Å². The second-order valence-electron chi connectivity index (χ2n) is 2.73. The average Bonchev–Trinajstić information content (AvgIpc) is 2.09. The van der Waals surface area contributed by atoms with Crippen LogP contribution in [0, 0.1) is 11.2 Å². The molecule has 1 aromatic carbocycles. The van der Waals surface area contributed by atoms with Crippen molar-refractivity contribution in [3.8, 4) is 0 Å². The highest BCUT2D eigenvalue weighted by Crippen LogP contribution is 2.31. The lowest BCUT2D eigenvalue weighted by Gasteiger charge is -2.11. The number of carbonyl (C=O) groups excluding carboxylic acids is 1. The number of benzene rings is 1. The Morgan fingerprint density at radius 3 is 2.31 bits per heavy atom. The Labute approximate surface area is 107 Å². The monoisotopic (exact) mass is 352 g/mol. The first-order chi connectivity index (χ1) is 7.40. The van der Waals surface area contributed by atoms with Gasteiger partial charge >= 0.3 is 6.03 Å². The molecule has 0 heterocycles. The molecule has 8 heteroatoms. The van der Waals surface area contributed by atoms with Crippen molar-refractivity contribution >= 4 is 49.5 Å². The van der Waals surface area contributed by atoms with Crippen LogP contribution in [0.2, 0.25) is 0 Å². The molecule has 0 bridgehead atoms. The number of carbonyl (C=O) groups is 1. The van der Waals surface area contributed by atoms with Crippen LogP contribution in [-0.4, -0.2) is 12.0 Å². The van der Waals surface area contributed by atoms with Crippen LogP contribution in [-0.2, 0) is 0 Å². The molecule has 0 aliphatic rings. The van der Waals surface area contributed by atoms with E-state index in [1.54, 1.807) is 0 Å². The molecule has 86 valence electrons. The molecule has 0 fully saturated rings. The Balaban J connectivity index is 2.89. The Morgan fingerprint density at radius 2 is 1.88 bits per heavy atom. The van der Waals surface area contributed by atoms with Crippen molar-refractivity contribution in [2.75, 3.05) is 5.32 Å². The highest BCUT2D eigenvalue weighted by molar-refractivity contribution is 9.11. The Hall–Kier alpha value is -1.15. The van der Waals surface area contributed by atoms with Crippen LogP contribution >= 0.6 is 31.9 Å².